The van der Waals surface area contributed by atoms with Crippen LogP contribution in [-0.4, -0.2) is 30.3 Å². The Morgan fingerprint density at radius 2 is 1.43 bits per heavy atom. The van der Waals surface area contributed by atoms with Crippen molar-refractivity contribution < 1.29 is 0 Å². The summed E-state index contributed by atoms with van der Waals surface area (Å²) in [5, 5.41) is 0. The monoisotopic (exact) mass is 180 g/mol. The number of rotatable bonds is 0. The second kappa shape index (κ2) is 5.13. The fraction of sp³-hybridized carbons (Fsp3) is 1.00. The van der Waals surface area contributed by atoms with E-state index < -0.39 is 0 Å². The van der Waals surface area contributed by atoms with Gasteiger partial charge < -0.3 is 0 Å². The Kier molecular flexibility index (Phi) is 5.86. The Bertz CT molecular complexity index is 23.6. The predicted molar refractivity (Wildman–Crippen MR) is 41.8 cm³/mol. The Morgan fingerprint density at radius 1 is 0.857 bits per heavy atom. The maximum absolute atomic E-state index is 1.53. The first-order valence-corrected chi connectivity index (χ1v) is 4.12. The van der Waals surface area contributed by atoms with E-state index in [4.69, 9.17) is 0 Å². The van der Waals surface area contributed by atoms with E-state index in [0.29, 0.717) is 0 Å². The van der Waals surface area contributed by atoms with E-state index in [1.54, 1.807) is 0 Å². The number of hydrogen-bond acceptors (Lipinski definition) is 0. The third-order valence-electron chi connectivity index (χ3n) is 1.21. The van der Waals surface area contributed by atoms with Crippen molar-refractivity contribution in [3.8, 4) is 0 Å². The molecule has 0 amide bonds. The van der Waals surface area contributed by atoms with Crippen LogP contribution in [0.4, 0.5) is 0 Å². The van der Waals surface area contributed by atoms with E-state index in [9.17, 15) is 0 Å². The van der Waals surface area contributed by atoms with Crippen LogP contribution >= 0.6 is 8.58 Å². The minimum absolute atomic E-state index is 0. The summed E-state index contributed by atoms with van der Waals surface area (Å²) in [6.45, 7) is 0. The summed E-state index contributed by atoms with van der Waals surface area (Å²) in [4.78, 5) is 0. The van der Waals surface area contributed by atoms with E-state index in [0.717, 1.165) is 0 Å². The molecule has 0 radical (unpaired) electrons. The van der Waals surface area contributed by atoms with Gasteiger partial charge in [-0.2, -0.15) is 0 Å². The summed E-state index contributed by atoms with van der Waals surface area (Å²) < 4.78 is 0. The van der Waals surface area contributed by atoms with E-state index in [2.05, 4.69) is 0 Å². The summed E-state index contributed by atoms with van der Waals surface area (Å²) >= 11 is 0. The molecule has 0 bridgehead atoms. The van der Waals surface area contributed by atoms with Crippen LogP contribution in [-0.2, 0) is 0 Å². The molecule has 1 heterocycles. The van der Waals surface area contributed by atoms with Crippen LogP contribution in [0, 0.1) is 0 Å². The molecule has 0 aromatic carbocycles. The molecule has 2 heteroatoms. The van der Waals surface area contributed by atoms with Crippen molar-refractivity contribution in [1.82, 2.24) is 0 Å². The molecular weight excluding hydrogens is 166 g/mol. The average molecular weight is 180 g/mol. The zero-order valence-corrected chi connectivity index (χ0v) is 8.71. The molecule has 44 valence electrons. The van der Waals surface area contributed by atoms with Gasteiger partial charge in [0.2, 0.25) is 0 Å². The van der Waals surface area contributed by atoms with Gasteiger partial charge >= 0.3 is 18.0 Å². The minimum atomic E-state index is 0. The molecule has 0 spiro atoms. The van der Waals surface area contributed by atoms with Gasteiger partial charge in [0.05, 0.1) is 0 Å². The molecule has 1 rings (SSSR count). The van der Waals surface area contributed by atoms with Gasteiger partial charge in [0, 0.05) is 0 Å². The second-order valence-electron chi connectivity index (χ2n) is 1.81. The number of hydrogen-bond donors (Lipinski definition) is 0. The Labute approximate surface area is 58.5 Å². The fourth-order valence-corrected chi connectivity index (χ4v) is 2.05. The molecule has 7 heavy (non-hydrogen) atoms. The van der Waals surface area contributed by atoms with Crippen LogP contribution in [0.15, 0.2) is 0 Å². The van der Waals surface area contributed by atoms with Crippen LogP contribution in [0.2, 0.25) is 0 Å². The summed E-state index contributed by atoms with van der Waals surface area (Å²) in [6.07, 6.45) is 7.59. The Balaban J connectivity index is 0.000000360. The fourth-order valence-electron chi connectivity index (χ4n) is 0.802. The molecule has 1 aliphatic rings. The topological polar surface area (TPSA) is 0 Å². The average Bonchev–Trinajstić information content (AvgIpc) is 1.72. The molecule has 0 aromatic heterocycles. The predicted octanol–water partition coefficient (Wildman–Crippen LogP) is 0.665. The zero-order valence-electron chi connectivity index (χ0n) is 4.74. The van der Waals surface area contributed by atoms with Gasteiger partial charge in [-0.3, -0.25) is 0 Å². The first-order chi connectivity index (χ1) is 3.00. The molecule has 0 aromatic rings. The summed E-state index contributed by atoms with van der Waals surface area (Å²) in [5.74, 6) is 0. The molecular formula is C5H14AsP. The molecule has 1 aliphatic heterocycles. The van der Waals surface area contributed by atoms with Crippen molar-refractivity contribution in [2.75, 3.05) is 12.3 Å². The molecule has 1 saturated heterocycles. The second-order valence-corrected chi connectivity index (χ2v) is 3.31. The molecule has 1 fully saturated rings. The van der Waals surface area contributed by atoms with E-state index in [1.807, 2.05) is 0 Å². The van der Waals surface area contributed by atoms with Crippen LogP contribution in [0.1, 0.15) is 19.3 Å². The van der Waals surface area contributed by atoms with Gasteiger partial charge in [0.1, 0.15) is 0 Å². The van der Waals surface area contributed by atoms with Crippen molar-refractivity contribution >= 4 is 26.5 Å². The third-order valence-corrected chi connectivity index (χ3v) is 2.62. The van der Waals surface area contributed by atoms with Crippen molar-refractivity contribution in [2.45, 2.75) is 19.3 Å². The van der Waals surface area contributed by atoms with E-state index in [-0.39, 0.29) is 18.0 Å². The van der Waals surface area contributed by atoms with Gasteiger partial charge in [0.15, 0.2) is 0 Å². The zero-order chi connectivity index (χ0) is 4.24. The molecule has 1 atom stereocenters. The normalized spacial score (nSPS) is 20.6. The Hall–Kier alpha value is 0.988. The quantitative estimate of drug-likeness (QED) is 0.379. The van der Waals surface area contributed by atoms with Crippen molar-refractivity contribution in [1.29, 1.82) is 0 Å². The molecule has 0 saturated carbocycles. The Morgan fingerprint density at radius 3 is 1.57 bits per heavy atom. The summed E-state index contributed by atoms with van der Waals surface area (Å²) in [7, 11) is 1.30. The molecule has 0 nitrogen and oxygen atoms in total. The van der Waals surface area contributed by atoms with Crippen LogP contribution in [0.3, 0.4) is 0 Å². The van der Waals surface area contributed by atoms with Gasteiger partial charge in [-0.15, -0.1) is 8.58 Å². The van der Waals surface area contributed by atoms with Crippen LogP contribution in [0.5, 0.6) is 0 Å². The van der Waals surface area contributed by atoms with Crippen molar-refractivity contribution in [3.05, 3.63) is 0 Å². The van der Waals surface area contributed by atoms with Crippen LogP contribution < -0.4 is 0 Å². The van der Waals surface area contributed by atoms with Gasteiger partial charge in [-0.1, -0.05) is 6.42 Å². The van der Waals surface area contributed by atoms with E-state index in [1.165, 1.54) is 40.2 Å². The standard InChI is InChI=1S/C5H11P.AsH3/c1-2-4-6-5-3-1;/h6H,1-5H2;1H3. The van der Waals surface area contributed by atoms with Crippen LogP contribution in [0.25, 0.3) is 0 Å². The summed E-state index contributed by atoms with van der Waals surface area (Å²) in [6, 6.07) is 0. The molecule has 0 N–H and O–H groups in total. The van der Waals surface area contributed by atoms with E-state index >= 15 is 0 Å². The summed E-state index contributed by atoms with van der Waals surface area (Å²) in [5.41, 5.74) is 0. The third kappa shape index (κ3) is 3.56. The maximum atomic E-state index is 1.53. The van der Waals surface area contributed by atoms with Crippen molar-refractivity contribution in [2.24, 2.45) is 0 Å². The van der Waals surface area contributed by atoms with Gasteiger partial charge in [-0.05, 0) is 25.2 Å². The van der Waals surface area contributed by atoms with Crippen molar-refractivity contribution in [3.63, 3.8) is 0 Å². The molecule has 1 unspecified atom stereocenters. The first kappa shape index (κ1) is 7.99. The van der Waals surface area contributed by atoms with Gasteiger partial charge in [-0.25, -0.2) is 0 Å². The molecule has 0 aliphatic carbocycles. The van der Waals surface area contributed by atoms with Gasteiger partial charge in [0.25, 0.3) is 0 Å². The first-order valence-electron chi connectivity index (χ1n) is 2.71. The SMILES string of the molecule is C1CCPCC1.[AsH3].